The summed E-state index contributed by atoms with van der Waals surface area (Å²) in [6, 6.07) is 9.71. The molecule has 0 aliphatic carbocycles. The van der Waals surface area contributed by atoms with E-state index in [0.717, 1.165) is 5.56 Å². The summed E-state index contributed by atoms with van der Waals surface area (Å²) in [6.45, 7) is 2.52. The van der Waals surface area contributed by atoms with Crippen LogP contribution in [0.4, 0.5) is 0 Å². The summed E-state index contributed by atoms with van der Waals surface area (Å²) >= 11 is 0. The summed E-state index contributed by atoms with van der Waals surface area (Å²) in [5, 5.41) is 9.65. The number of rotatable bonds is 3. The van der Waals surface area contributed by atoms with Gasteiger partial charge in [0.05, 0.1) is 18.6 Å². The lowest BCUT2D eigenvalue weighted by molar-refractivity contribution is -0.156. The summed E-state index contributed by atoms with van der Waals surface area (Å²) in [5.41, 5.74) is -0.927. The van der Waals surface area contributed by atoms with E-state index >= 15 is 0 Å². The van der Waals surface area contributed by atoms with Gasteiger partial charge in [0.25, 0.3) is 0 Å². The first-order valence-corrected chi connectivity index (χ1v) is 7.41. The Hall–Kier alpha value is -2.14. The van der Waals surface area contributed by atoms with E-state index in [4.69, 9.17) is 4.74 Å². The van der Waals surface area contributed by atoms with Gasteiger partial charge in [-0.2, -0.15) is 0 Å². The van der Waals surface area contributed by atoms with Crippen molar-refractivity contribution in [2.75, 3.05) is 6.54 Å². The van der Waals surface area contributed by atoms with Crippen LogP contribution in [-0.4, -0.2) is 40.1 Å². The average Bonchev–Trinajstić information content (AvgIpc) is 3.10. The normalized spacial score (nSPS) is 38.6. The molecule has 1 spiro atoms. The van der Waals surface area contributed by atoms with Gasteiger partial charge in [-0.05, 0) is 12.5 Å². The highest BCUT2D eigenvalue weighted by atomic mass is 16.5. The lowest BCUT2D eigenvalue weighted by atomic mass is 9.66. The van der Waals surface area contributed by atoms with Crippen LogP contribution in [0.2, 0.25) is 0 Å². The van der Waals surface area contributed by atoms with Crippen LogP contribution in [-0.2, 0) is 20.9 Å². The van der Waals surface area contributed by atoms with Crippen molar-refractivity contribution in [3.8, 4) is 0 Å². The number of likely N-dealkylation sites (tertiary alicyclic amines) is 1. The predicted molar refractivity (Wildman–Crippen MR) is 77.8 cm³/mol. The molecule has 114 valence electrons. The van der Waals surface area contributed by atoms with Gasteiger partial charge in [0, 0.05) is 6.54 Å². The molecule has 2 saturated heterocycles. The van der Waals surface area contributed by atoms with Crippen LogP contribution >= 0.6 is 0 Å². The molecule has 1 N–H and O–H groups in total. The van der Waals surface area contributed by atoms with Gasteiger partial charge in [0.15, 0.2) is 0 Å². The molecule has 3 aliphatic heterocycles. The highest BCUT2D eigenvalue weighted by Gasteiger charge is 2.72. The largest absolute Gasteiger partial charge is 0.481 e. The quantitative estimate of drug-likeness (QED) is 0.858. The molecule has 1 aromatic carbocycles. The molecule has 22 heavy (non-hydrogen) atoms. The molecule has 2 fully saturated rings. The Bertz CT molecular complexity index is 685. The van der Waals surface area contributed by atoms with Crippen LogP contribution in [0.15, 0.2) is 42.5 Å². The molecule has 0 radical (unpaired) electrons. The molecular weight excluding hydrogens is 282 g/mol. The van der Waals surface area contributed by atoms with Crippen molar-refractivity contribution in [1.29, 1.82) is 0 Å². The molecule has 0 saturated carbocycles. The Morgan fingerprint density at radius 2 is 2.14 bits per heavy atom. The number of fused-ring (bicyclic) bond motifs is 1. The first-order chi connectivity index (χ1) is 10.5. The number of carboxylic acids is 1. The van der Waals surface area contributed by atoms with Crippen molar-refractivity contribution in [2.45, 2.75) is 25.2 Å². The molecule has 1 amide bonds. The summed E-state index contributed by atoms with van der Waals surface area (Å²) in [4.78, 5) is 26.3. The number of hydrogen-bond acceptors (Lipinski definition) is 3. The average molecular weight is 299 g/mol. The van der Waals surface area contributed by atoms with Crippen molar-refractivity contribution in [3.05, 3.63) is 48.0 Å². The lowest BCUT2D eigenvalue weighted by Crippen LogP contribution is -2.47. The molecule has 2 bridgehead atoms. The van der Waals surface area contributed by atoms with E-state index < -0.39 is 29.0 Å². The fourth-order valence-electron chi connectivity index (χ4n) is 4.11. The maximum atomic E-state index is 12.8. The number of carboxylic acid groups (broad SMARTS) is 1. The lowest BCUT2D eigenvalue weighted by Gasteiger charge is -2.30. The van der Waals surface area contributed by atoms with E-state index in [1.54, 1.807) is 17.9 Å². The van der Waals surface area contributed by atoms with Crippen molar-refractivity contribution in [3.63, 3.8) is 0 Å². The van der Waals surface area contributed by atoms with Gasteiger partial charge in [0.2, 0.25) is 5.91 Å². The van der Waals surface area contributed by atoms with E-state index in [-0.39, 0.29) is 5.91 Å². The summed E-state index contributed by atoms with van der Waals surface area (Å²) < 4.78 is 5.94. The van der Waals surface area contributed by atoms with Gasteiger partial charge in [-0.25, -0.2) is 0 Å². The molecule has 3 heterocycles. The minimum absolute atomic E-state index is 0.124. The van der Waals surface area contributed by atoms with Gasteiger partial charge in [-0.1, -0.05) is 42.5 Å². The van der Waals surface area contributed by atoms with Crippen LogP contribution in [0.3, 0.4) is 0 Å². The number of hydrogen-bond donors (Lipinski definition) is 1. The molecule has 3 aliphatic rings. The predicted octanol–water partition coefficient (Wildman–Crippen LogP) is 1.44. The second-order valence-corrected chi connectivity index (χ2v) is 6.55. The summed E-state index contributed by atoms with van der Waals surface area (Å²) in [7, 11) is 0. The monoisotopic (exact) mass is 299 g/mol. The second kappa shape index (κ2) is 4.20. The SMILES string of the molecule is C[C@@]1(C(=O)O)[C@H]2C=C[C@@]3(CN(Cc4ccccc4)C(=O)[C@@H]13)O2. The van der Waals surface area contributed by atoms with Crippen LogP contribution in [0.1, 0.15) is 12.5 Å². The number of amides is 1. The van der Waals surface area contributed by atoms with Crippen molar-refractivity contribution in [2.24, 2.45) is 11.3 Å². The molecule has 0 unspecified atom stereocenters. The first kappa shape index (κ1) is 13.5. The zero-order chi connectivity index (χ0) is 15.5. The number of carbonyl (C=O) groups is 2. The Morgan fingerprint density at radius 1 is 1.41 bits per heavy atom. The topological polar surface area (TPSA) is 66.8 Å². The van der Waals surface area contributed by atoms with E-state index in [0.29, 0.717) is 13.1 Å². The third-order valence-electron chi connectivity index (χ3n) is 5.25. The van der Waals surface area contributed by atoms with E-state index in [2.05, 4.69) is 0 Å². The van der Waals surface area contributed by atoms with E-state index in [9.17, 15) is 14.7 Å². The Kier molecular flexibility index (Phi) is 2.58. The number of ether oxygens (including phenoxy) is 1. The fourth-order valence-corrected chi connectivity index (χ4v) is 4.11. The summed E-state index contributed by atoms with van der Waals surface area (Å²) in [5.74, 6) is -1.74. The number of aliphatic carboxylic acids is 1. The van der Waals surface area contributed by atoms with Gasteiger partial charge in [-0.15, -0.1) is 0 Å². The van der Waals surface area contributed by atoms with Crippen molar-refractivity contribution >= 4 is 11.9 Å². The molecule has 4 rings (SSSR count). The van der Waals surface area contributed by atoms with Crippen molar-refractivity contribution in [1.82, 2.24) is 4.90 Å². The van der Waals surface area contributed by atoms with E-state index in [1.807, 2.05) is 36.4 Å². The number of benzene rings is 1. The van der Waals surface area contributed by atoms with Gasteiger partial charge < -0.3 is 14.7 Å². The van der Waals surface area contributed by atoms with Gasteiger partial charge >= 0.3 is 5.97 Å². The maximum Gasteiger partial charge on any atom is 0.313 e. The van der Waals surface area contributed by atoms with Crippen LogP contribution in [0.25, 0.3) is 0 Å². The Labute approximate surface area is 128 Å². The molecule has 0 aromatic heterocycles. The smallest absolute Gasteiger partial charge is 0.313 e. The van der Waals surface area contributed by atoms with Crippen LogP contribution < -0.4 is 0 Å². The summed E-state index contributed by atoms with van der Waals surface area (Å²) in [6.07, 6.45) is 3.16. The molecule has 5 heteroatoms. The number of carbonyl (C=O) groups excluding carboxylic acids is 1. The molecule has 4 atom stereocenters. The number of nitrogens with zero attached hydrogens (tertiary/aromatic N) is 1. The van der Waals surface area contributed by atoms with E-state index in [1.165, 1.54) is 0 Å². The Balaban J connectivity index is 1.68. The maximum absolute atomic E-state index is 12.8. The van der Waals surface area contributed by atoms with Gasteiger partial charge in [0.1, 0.15) is 11.0 Å². The minimum atomic E-state index is -1.18. The third kappa shape index (κ3) is 1.52. The zero-order valence-corrected chi connectivity index (χ0v) is 12.2. The zero-order valence-electron chi connectivity index (χ0n) is 12.2. The minimum Gasteiger partial charge on any atom is -0.481 e. The molecule has 1 aromatic rings. The second-order valence-electron chi connectivity index (χ2n) is 6.55. The fraction of sp³-hybridized carbons (Fsp3) is 0.412. The van der Waals surface area contributed by atoms with Crippen LogP contribution in [0.5, 0.6) is 0 Å². The Morgan fingerprint density at radius 3 is 2.82 bits per heavy atom. The van der Waals surface area contributed by atoms with Crippen LogP contribution in [0, 0.1) is 11.3 Å². The standard InChI is InChI=1S/C17H17NO4/c1-16(15(20)21)12-7-8-17(22-12)10-18(14(19)13(16)17)9-11-5-3-2-4-6-11/h2-8,12-13H,9-10H2,1H3,(H,20,21)/t12-,13+,16-,17+/m1/s1. The van der Waals surface area contributed by atoms with Gasteiger partial charge in [-0.3, -0.25) is 9.59 Å². The molecular formula is C17H17NO4. The third-order valence-corrected chi connectivity index (χ3v) is 5.25. The highest BCUT2D eigenvalue weighted by molar-refractivity contribution is 5.93. The first-order valence-electron chi connectivity index (χ1n) is 7.41. The molecule has 5 nitrogen and oxygen atoms in total. The highest BCUT2D eigenvalue weighted by Crippen LogP contribution is 2.58. The van der Waals surface area contributed by atoms with Crippen molar-refractivity contribution < 1.29 is 19.4 Å².